The Hall–Kier alpha value is -1.66. The fraction of sp³-hybridized carbons (Fsp3) is 0.381. The highest BCUT2D eigenvalue weighted by molar-refractivity contribution is 7.73. The van der Waals surface area contributed by atoms with Gasteiger partial charge in [0.1, 0.15) is 0 Å². The van der Waals surface area contributed by atoms with Gasteiger partial charge in [-0.15, -0.1) is 0 Å². The molecular weight excluding hydrogens is 311 g/mol. The summed E-state index contributed by atoms with van der Waals surface area (Å²) in [5, 5.41) is 2.85. The van der Waals surface area contributed by atoms with E-state index in [1.54, 1.807) is 0 Å². The summed E-state index contributed by atoms with van der Waals surface area (Å²) in [5.41, 5.74) is 0.136. The van der Waals surface area contributed by atoms with Crippen LogP contribution in [0.5, 0.6) is 0 Å². The third-order valence-corrected chi connectivity index (χ3v) is 6.52. The van der Waals surface area contributed by atoms with Crippen LogP contribution in [0.1, 0.15) is 20.8 Å². The molecule has 3 heteroatoms. The van der Waals surface area contributed by atoms with Gasteiger partial charge in [0.25, 0.3) is 0 Å². The van der Waals surface area contributed by atoms with Crippen molar-refractivity contribution in [2.24, 2.45) is 10.4 Å². The number of aliphatic imine (C=N–C) groups is 1. The average Bonchev–Trinajstić information content (AvgIpc) is 2.55. The Balaban J connectivity index is 2.36. The molecule has 0 amide bonds. The van der Waals surface area contributed by atoms with Crippen LogP contribution in [0.4, 0.5) is 0 Å². The Morgan fingerprint density at radius 1 is 0.917 bits per heavy atom. The summed E-state index contributed by atoms with van der Waals surface area (Å²) in [5.74, 6) is 0. The van der Waals surface area contributed by atoms with Crippen LogP contribution in [0.15, 0.2) is 65.7 Å². The van der Waals surface area contributed by atoms with Crippen molar-refractivity contribution in [2.45, 2.75) is 26.8 Å². The van der Waals surface area contributed by atoms with Crippen LogP contribution in [-0.4, -0.2) is 37.5 Å². The van der Waals surface area contributed by atoms with Crippen molar-refractivity contribution in [3.05, 3.63) is 60.7 Å². The maximum atomic E-state index is 4.90. The highest BCUT2D eigenvalue weighted by atomic mass is 31.1. The molecule has 2 aromatic carbocycles. The topological polar surface area (TPSA) is 15.6 Å². The van der Waals surface area contributed by atoms with E-state index in [9.17, 15) is 0 Å². The molecule has 1 unspecified atom stereocenters. The Morgan fingerprint density at radius 3 is 1.75 bits per heavy atom. The number of hydrogen-bond acceptors (Lipinski definition) is 1. The number of benzene rings is 2. The second kappa shape index (κ2) is 8.44. The quantitative estimate of drug-likeness (QED) is 0.439. The molecule has 2 rings (SSSR count). The summed E-state index contributed by atoms with van der Waals surface area (Å²) in [6.07, 6.45) is 3.02. The SMILES string of the molecule is CN(C)C=NC(CP(c1ccccc1)c1ccccc1)C(C)(C)C. The molecule has 0 aliphatic heterocycles. The number of rotatable bonds is 6. The molecule has 0 fully saturated rings. The lowest BCUT2D eigenvalue weighted by Crippen LogP contribution is -2.31. The maximum absolute atomic E-state index is 4.90. The van der Waals surface area contributed by atoms with Crippen molar-refractivity contribution >= 4 is 24.9 Å². The van der Waals surface area contributed by atoms with E-state index < -0.39 is 7.92 Å². The Labute approximate surface area is 148 Å². The molecule has 0 spiro atoms. The molecule has 0 radical (unpaired) electrons. The molecule has 0 bridgehead atoms. The van der Waals surface area contributed by atoms with Crippen molar-refractivity contribution in [1.82, 2.24) is 4.90 Å². The molecular formula is C21H29N2P. The Morgan fingerprint density at radius 2 is 1.38 bits per heavy atom. The van der Waals surface area contributed by atoms with Crippen molar-refractivity contribution in [1.29, 1.82) is 0 Å². The fourth-order valence-electron chi connectivity index (χ4n) is 2.51. The minimum Gasteiger partial charge on any atom is -0.369 e. The summed E-state index contributed by atoms with van der Waals surface area (Å²) < 4.78 is 0. The normalized spacial score (nSPS) is 13.4. The largest absolute Gasteiger partial charge is 0.369 e. The monoisotopic (exact) mass is 340 g/mol. The van der Waals surface area contributed by atoms with Gasteiger partial charge in [-0.2, -0.15) is 0 Å². The van der Waals surface area contributed by atoms with Gasteiger partial charge in [-0.3, -0.25) is 4.99 Å². The predicted molar refractivity (Wildman–Crippen MR) is 109 cm³/mol. The molecule has 2 aromatic rings. The first-order chi connectivity index (χ1) is 11.4. The number of nitrogens with zero attached hydrogens (tertiary/aromatic N) is 2. The molecule has 0 aromatic heterocycles. The van der Waals surface area contributed by atoms with Gasteiger partial charge in [-0.25, -0.2) is 0 Å². The first-order valence-corrected chi connectivity index (χ1v) is 9.98. The van der Waals surface area contributed by atoms with E-state index in [-0.39, 0.29) is 11.5 Å². The standard InChI is InChI=1S/C21H29N2P/c1-21(2,3)20(22-17-23(4)5)16-24(18-12-8-6-9-13-18)19-14-10-7-11-15-19/h6-15,17,20H,16H2,1-5H3. The molecule has 0 heterocycles. The fourth-order valence-corrected chi connectivity index (χ4v) is 5.28. The lowest BCUT2D eigenvalue weighted by molar-refractivity contribution is 0.344. The second-order valence-corrected chi connectivity index (χ2v) is 9.65. The van der Waals surface area contributed by atoms with Gasteiger partial charge in [0.15, 0.2) is 0 Å². The Kier molecular flexibility index (Phi) is 6.57. The summed E-state index contributed by atoms with van der Waals surface area (Å²) in [6.45, 7) is 6.86. The predicted octanol–water partition coefficient (Wildman–Crippen LogP) is 4.12. The van der Waals surface area contributed by atoms with Crippen molar-refractivity contribution in [3.63, 3.8) is 0 Å². The molecule has 0 aliphatic carbocycles. The van der Waals surface area contributed by atoms with E-state index in [0.29, 0.717) is 0 Å². The molecule has 0 N–H and O–H groups in total. The van der Waals surface area contributed by atoms with Crippen LogP contribution in [0, 0.1) is 5.41 Å². The van der Waals surface area contributed by atoms with E-state index >= 15 is 0 Å². The van der Waals surface area contributed by atoms with Crippen LogP contribution < -0.4 is 10.6 Å². The van der Waals surface area contributed by atoms with Crippen LogP contribution in [-0.2, 0) is 0 Å². The minimum absolute atomic E-state index is 0.136. The lowest BCUT2D eigenvalue weighted by atomic mass is 9.88. The van der Waals surface area contributed by atoms with Gasteiger partial charge in [0, 0.05) is 14.1 Å². The van der Waals surface area contributed by atoms with E-state index in [1.807, 2.05) is 25.3 Å². The summed E-state index contributed by atoms with van der Waals surface area (Å²) >= 11 is 0. The first-order valence-electron chi connectivity index (χ1n) is 8.45. The van der Waals surface area contributed by atoms with Gasteiger partial charge in [-0.05, 0) is 30.1 Å². The van der Waals surface area contributed by atoms with Gasteiger partial charge in [-0.1, -0.05) is 81.4 Å². The smallest absolute Gasteiger partial charge is 0.0848 e. The van der Waals surface area contributed by atoms with Crippen molar-refractivity contribution in [3.8, 4) is 0 Å². The maximum Gasteiger partial charge on any atom is 0.0848 e. The van der Waals surface area contributed by atoms with Gasteiger partial charge in [0.05, 0.1) is 12.4 Å². The zero-order valence-corrected chi connectivity index (χ0v) is 16.4. The van der Waals surface area contributed by atoms with Gasteiger partial charge in [0.2, 0.25) is 0 Å². The minimum atomic E-state index is -0.418. The van der Waals surface area contributed by atoms with Crippen LogP contribution in [0.2, 0.25) is 0 Å². The molecule has 1 atom stereocenters. The molecule has 0 aliphatic rings. The molecule has 128 valence electrons. The first kappa shape index (κ1) is 18.7. The van der Waals surface area contributed by atoms with Crippen molar-refractivity contribution < 1.29 is 0 Å². The van der Waals surface area contributed by atoms with Crippen LogP contribution in [0.3, 0.4) is 0 Å². The highest BCUT2D eigenvalue weighted by Gasteiger charge is 2.28. The zero-order valence-electron chi connectivity index (χ0n) is 15.5. The van der Waals surface area contributed by atoms with Gasteiger partial charge < -0.3 is 4.90 Å². The lowest BCUT2D eigenvalue weighted by Gasteiger charge is -2.31. The number of hydrogen-bond donors (Lipinski definition) is 0. The summed E-state index contributed by atoms with van der Waals surface area (Å²) in [6, 6.07) is 22.1. The van der Waals surface area contributed by atoms with Crippen LogP contribution >= 0.6 is 7.92 Å². The average molecular weight is 340 g/mol. The zero-order chi connectivity index (χ0) is 17.6. The van der Waals surface area contributed by atoms with E-state index in [2.05, 4.69) is 81.4 Å². The second-order valence-electron chi connectivity index (χ2n) is 7.39. The van der Waals surface area contributed by atoms with Gasteiger partial charge >= 0.3 is 0 Å². The third kappa shape index (κ3) is 5.46. The highest BCUT2D eigenvalue weighted by Crippen LogP contribution is 2.39. The summed E-state index contributed by atoms with van der Waals surface area (Å²) in [4.78, 5) is 6.92. The van der Waals surface area contributed by atoms with Crippen LogP contribution in [0.25, 0.3) is 0 Å². The molecule has 0 saturated carbocycles. The Bertz CT molecular complexity index is 590. The van der Waals surface area contributed by atoms with E-state index in [1.165, 1.54) is 10.6 Å². The summed E-state index contributed by atoms with van der Waals surface area (Å²) in [7, 11) is 3.64. The van der Waals surface area contributed by atoms with E-state index in [0.717, 1.165) is 6.16 Å². The van der Waals surface area contributed by atoms with Crippen molar-refractivity contribution in [2.75, 3.05) is 20.3 Å². The molecule has 24 heavy (non-hydrogen) atoms. The molecule has 0 saturated heterocycles. The third-order valence-electron chi connectivity index (χ3n) is 3.97. The van der Waals surface area contributed by atoms with E-state index in [4.69, 9.17) is 4.99 Å². The molecule has 2 nitrogen and oxygen atoms in total.